The number of piperazine rings is 2. The molecule has 0 bridgehead atoms. The predicted molar refractivity (Wildman–Crippen MR) is 218 cm³/mol. The highest BCUT2D eigenvalue weighted by Crippen LogP contribution is 2.23. The molecule has 2 aliphatic heterocycles. The quantitative estimate of drug-likeness (QED) is 0.183. The van der Waals surface area contributed by atoms with Gasteiger partial charge in [-0.3, -0.25) is 19.3 Å². The molecule has 0 saturated carbocycles. The molecule has 0 aromatic heterocycles. The summed E-state index contributed by atoms with van der Waals surface area (Å²) in [5.74, 6) is -0.220. The zero-order chi connectivity index (χ0) is 38.7. The SMILES string of the molecule is CC(=O)N1CCN(c2ccc(CN(C(=O)C=Cc3ccc(C#N)cc3)C(Cc3ccccc3)C(=O)N3CCN(Cc4ccc(N(C)C)cc4)CC3)cc2)CC1. The number of nitrogens with zero attached hydrogens (tertiary/aromatic N) is 7. The van der Waals surface area contributed by atoms with Crippen molar-refractivity contribution in [3.8, 4) is 6.07 Å². The zero-order valence-electron chi connectivity index (χ0n) is 32.2. The summed E-state index contributed by atoms with van der Waals surface area (Å²) in [6, 6.07) is 35.2. The summed E-state index contributed by atoms with van der Waals surface area (Å²) in [6.45, 7) is 8.21. The van der Waals surface area contributed by atoms with Gasteiger partial charge >= 0.3 is 0 Å². The Bertz CT molecular complexity index is 1960. The number of nitriles is 1. The maximum Gasteiger partial charge on any atom is 0.247 e. The van der Waals surface area contributed by atoms with Crippen LogP contribution >= 0.6 is 0 Å². The summed E-state index contributed by atoms with van der Waals surface area (Å²) in [4.78, 5) is 53.2. The van der Waals surface area contributed by atoms with Crippen molar-refractivity contribution < 1.29 is 14.4 Å². The highest BCUT2D eigenvalue weighted by Gasteiger charge is 2.34. The molecular weight excluding hydrogens is 687 g/mol. The van der Waals surface area contributed by atoms with Crippen molar-refractivity contribution in [2.75, 3.05) is 76.3 Å². The normalized spacial score (nSPS) is 15.4. The van der Waals surface area contributed by atoms with E-state index in [-0.39, 0.29) is 24.3 Å². The van der Waals surface area contributed by atoms with E-state index in [1.54, 1.807) is 30.0 Å². The second kappa shape index (κ2) is 18.4. The molecule has 3 amide bonds. The fraction of sp³-hybridized carbons (Fsp3) is 0.333. The van der Waals surface area contributed by atoms with Gasteiger partial charge in [-0.25, -0.2) is 0 Å². The number of amides is 3. The maximum absolute atomic E-state index is 14.7. The molecule has 55 heavy (non-hydrogen) atoms. The molecular formula is C45H51N7O3. The molecule has 0 spiro atoms. The van der Waals surface area contributed by atoms with Gasteiger partial charge in [0.2, 0.25) is 17.7 Å². The highest BCUT2D eigenvalue weighted by atomic mass is 16.2. The van der Waals surface area contributed by atoms with Gasteiger partial charge in [0.15, 0.2) is 0 Å². The van der Waals surface area contributed by atoms with Gasteiger partial charge in [-0.2, -0.15) is 5.26 Å². The number of benzene rings is 4. The molecule has 6 rings (SSSR count). The summed E-state index contributed by atoms with van der Waals surface area (Å²) in [5.41, 5.74) is 6.70. The maximum atomic E-state index is 14.7. The Balaban J connectivity index is 1.23. The third-order valence-electron chi connectivity index (χ3n) is 10.6. The minimum absolute atomic E-state index is 0.0566. The van der Waals surface area contributed by atoms with Crippen LogP contribution in [-0.2, 0) is 33.9 Å². The highest BCUT2D eigenvalue weighted by molar-refractivity contribution is 5.96. The van der Waals surface area contributed by atoms with Crippen LogP contribution in [-0.4, -0.2) is 110 Å². The molecule has 2 fully saturated rings. The van der Waals surface area contributed by atoms with Crippen molar-refractivity contribution in [2.45, 2.75) is 32.5 Å². The molecule has 10 nitrogen and oxygen atoms in total. The lowest BCUT2D eigenvalue weighted by Crippen LogP contribution is -2.56. The summed E-state index contributed by atoms with van der Waals surface area (Å²) < 4.78 is 0. The largest absolute Gasteiger partial charge is 0.378 e. The molecule has 0 radical (unpaired) electrons. The van der Waals surface area contributed by atoms with E-state index in [1.807, 2.05) is 78.5 Å². The van der Waals surface area contributed by atoms with Crippen LogP contribution in [0.25, 0.3) is 6.08 Å². The smallest absolute Gasteiger partial charge is 0.247 e. The first-order chi connectivity index (χ1) is 26.7. The van der Waals surface area contributed by atoms with Crippen LogP contribution in [0.5, 0.6) is 0 Å². The fourth-order valence-corrected chi connectivity index (χ4v) is 7.23. The number of anilines is 2. The van der Waals surface area contributed by atoms with E-state index in [2.05, 4.69) is 57.2 Å². The van der Waals surface area contributed by atoms with E-state index in [9.17, 15) is 19.6 Å². The Labute approximate surface area is 325 Å². The monoisotopic (exact) mass is 737 g/mol. The van der Waals surface area contributed by atoms with Crippen LogP contribution in [0.4, 0.5) is 11.4 Å². The van der Waals surface area contributed by atoms with Crippen LogP contribution in [0, 0.1) is 11.3 Å². The summed E-state index contributed by atoms with van der Waals surface area (Å²) in [5, 5.41) is 9.24. The first-order valence-electron chi connectivity index (χ1n) is 19.1. The van der Waals surface area contributed by atoms with E-state index in [4.69, 9.17) is 0 Å². The van der Waals surface area contributed by atoms with Gasteiger partial charge < -0.3 is 24.5 Å². The molecule has 2 saturated heterocycles. The van der Waals surface area contributed by atoms with Gasteiger partial charge in [0, 0.05) is 110 Å². The van der Waals surface area contributed by atoms with Crippen molar-refractivity contribution in [3.05, 3.63) is 137 Å². The minimum atomic E-state index is -0.732. The first-order valence-corrected chi connectivity index (χ1v) is 19.1. The Kier molecular flexibility index (Phi) is 13.0. The molecule has 2 heterocycles. The van der Waals surface area contributed by atoms with E-state index in [0.717, 1.165) is 60.8 Å². The topological polar surface area (TPSA) is 94.4 Å². The summed E-state index contributed by atoms with van der Waals surface area (Å²) in [6.07, 6.45) is 3.66. The van der Waals surface area contributed by atoms with Crippen LogP contribution in [0.2, 0.25) is 0 Å². The van der Waals surface area contributed by atoms with Gasteiger partial charge in [-0.15, -0.1) is 0 Å². The fourth-order valence-electron chi connectivity index (χ4n) is 7.23. The van der Waals surface area contributed by atoms with Crippen LogP contribution in [0.1, 0.15) is 34.7 Å². The van der Waals surface area contributed by atoms with Crippen molar-refractivity contribution in [3.63, 3.8) is 0 Å². The predicted octanol–water partition coefficient (Wildman–Crippen LogP) is 5.29. The zero-order valence-corrected chi connectivity index (χ0v) is 32.2. The van der Waals surface area contributed by atoms with Crippen molar-refractivity contribution in [1.82, 2.24) is 19.6 Å². The molecule has 4 aromatic carbocycles. The van der Waals surface area contributed by atoms with Crippen molar-refractivity contribution in [1.29, 1.82) is 5.26 Å². The van der Waals surface area contributed by atoms with Gasteiger partial charge in [0.1, 0.15) is 6.04 Å². The lowest BCUT2D eigenvalue weighted by molar-refractivity contribution is -0.145. The lowest BCUT2D eigenvalue weighted by atomic mass is 10.0. The minimum Gasteiger partial charge on any atom is -0.378 e. The molecule has 0 aliphatic carbocycles. The number of carbonyl (C=O) groups is 3. The molecule has 1 unspecified atom stereocenters. The standard InChI is InChI=1S/C45H51N7O3/c1-35(53)49-27-29-50(30-28-49)42-20-15-40(16-21-42)34-52(44(54)22-17-36-9-11-38(32-46)12-10-36)43(31-37-7-5-4-6-8-37)45(55)51-25-23-48(24-26-51)33-39-13-18-41(19-14-39)47(2)3/h4-22,43H,23-31,33-34H2,1-3H3. The Hall–Kier alpha value is -5.92. The number of rotatable bonds is 12. The Morgan fingerprint density at radius 1 is 0.727 bits per heavy atom. The van der Waals surface area contributed by atoms with Gasteiger partial charge in [0.25, 0.3) is 0 Å². The molecule has 1 atom stereocenters. The summed E-state index contributed by atoms with van der Waals surface area (Å²) >= 11 is 0. The summed E-state index contributed by atoms with van der Waals surface area (Å²) in [7, 11) is 4.07. The second-order valence-corrected chi connectivity index (χ2v) is 14.6. The Morgan fingerprint density at radius 2 is 1.35 bits per heavy atom. The number of hydrogen-bond acceptors (Lipinski definition) is 7. The molecule has 0 N–H and O–H groups in total. The second-order valence-electron chi connectivity index (χ2n) is 14.6. The molecule has 2 aliphatic rings. The Morgan fingerprint density at radius 3 is 1.95 bits per heavy atom. The van der Waals surface area contributed by atoms with E-state index >= 15 is 0 Å². The van der Waals surface area contributed by atoms with Crippen molar-refractivity contribution in [2.24, 2.45) is 0 Å². The van der Waals surface area contributed by atoms with Crippen LogP contribution in [0.15, 0.2) is 109 Å². The number of carbonyl (C=O) groups excluding carboxylic acids is 3. The third-order valence-corrected chi connectivity index (χ3v) is 10.6. The molecule has 284 valence electrons. The van der Waals surface area contributed by atoms with E-state index in [1.165, 1.54) is 11.6 Å². The van der Waals surface area contributed by atoms with Gasteiger partial charge in [-0.1, -0.05) is 66.7 Å². The van der Waals surface area contributed by atoms with Crippen molar-refractivity contribution >= 4 is 35.2 Å². The number of hydrogen-bond donors (Lipinski definition) is 0. The first kappa shape index (κ1) is 38.8. The van der Waals surface area contributed by atoms with Crippen LogP contribution < -0.4 is 9.80 Å². The van der Waals surface area contributed by atoms with E-state index < -0.39 is 6.04 Å². The average Bonchev–Trinajstić information content (AvgIpc) is 3.22. The molecule has 4 aromatic rings. The van der Waals surface area contributed by atoms with E-state index in [0.29, 0.717) is 38.2 Å². The van der Waals surface area contributed by atoms with Gasteiger partial charge in [-0.05, 0) is 64.7 Å². The van der Waals surface area contributed by atoms with Gasteiger partial charge in [0.05, 0.1) is 11.6 Å². The lowest BCUT2D eigenvalue weighted by Gasteiger charge is -2.39. The molecule has 10 heteroatoms. The average molecular weight is 738 g/mol. The third kappa shape index (κ3) is 10.4. The van der Waals surface area contributed by atoms with Crippen LogP contribution in [0.3, 0.4) is 0 Å².